The Bertz CT molecular complexity index is 708. The molecule has 0 aliphatic rings. The van der Waals surface area contributed by atoms with Crippen LogP contribution in [0.3, 0.4) is 0 Å². The molecule has 0 radical (unpaired) electrons. The molecule has 0 aromatic rings. The molecule has 0 rings (SSSR count). The van der Waals surface area contributed by atoms with Gasteiger partial charge in [-0.15, -0.1) is 0 Å². The van der Waals surface area contributed by atoms with Gasteiger partial charge < -0.3 is 14.6 Å². The molecule has 0 aromatic heterocycles. The standard InChI is InChI=1S/C59H120O3/c1-5-9-13-17-21-25-29-31-35-39-43-47-51-57(49-45-41-37-33-27-23-19-15-11-7-3)53-61-55-59(60)56-62-54-58(50-46-42-38-34-28-24-20-16-12-8-4)52-48-44-40-36-32-30-26-22-18-14-10-6-2/h57-60H,5-56H2,1-4H3. The fraction of sp³-hybridized carbons (Fsp3) is 1.00. The molecule has 0 bridgehead atoms. The highest BCUT2D eigenvalue weighted by molar-refractivity contribution is 4.65. The number of hydrogen-bond acceptors (Lipinski definition) is 3. The van der Waals surface area contributed by atoms with Crippen LogP contribution in [0.4, 0.5) is 0 Å². The van der Waals surface area contributed by atoms with E-state index in [-0.39, 0.29) is 0 Å². The summed E-state index contributed by atoms with van der Waals surface area (Å²) in [5, 5.41) is 10.9. The highest BCUT2D eigenvalue weighted by Gasteiger charge is 2.14. The number of unbranched alkanes of at least 4 members (excludes halogenated alkanes) is 40. The molecule has 2 unspecified atom stereocenters. The Morgan fingerprint density at radius 1 is 0.226 bits per heavy atom. The first kappa shape index (κ1) is 61.9. The SMILES string of the molecule is CCCCCCCCCCCCCCC(CCCCCCCCCCCC)COCC(O)COCC(CCCCCCCCCCCC)CCCCCCCCCCCCCC. The number of aliphatic hydroxyl groups excluding tert-OH is 1. The molecule has 0 aliphatic carbocycles. The second-order valence-electron chi connectivity index (χ2n) is 20.8. The molecule has 0 aliphatic heterocycles. The first-order valence-electron chi connectivity index (χ1n) is 29.5. The van der Waals surface area contributed by atoms with E-state index < -0.39 is 6.10 Å². The average molecular weight is 878 g/mol. The van der Waals surface area contributed by atoms with Crippen molar-refractivity contribution < 1.29 is 14.6 Å². The minimum atomic E-state index is -0.510. The van der Waals surface area contributed by atoms with E-state index in [1.54, 1.807) is 0 Å². The van der Waals surface area contributed by atoms with E-state index in [1.807, 2.05) is 0 Å². The zero-order chi connectivity index (χ0) is 44.9. The fourth-order valence-corrected chi connectivity index (χ4v) is 9.80. The third-order valence-corrected chi connectivity index (χ3v) is 14.2. The van der Waals surface area contributed by atoms with Crippen LogP contribution in [-0.4, -0.2) is 37.6 Å². The average Bonchev–Trinajstić information content (AvgIpc) is 3.27. The van der Waals surface area contributed by atoms with Crippen molar-refractivity contribution in [1.29, 1.82) is 0 Å². The largest absolute Gasteiger partial charge is 0.388 e. The summed E-state index contributed by atoms with van der Waals surface area (Å²) >= 11 is 0. The van der Waals surface area contributed by atoms with Gasteiger partial charge in [0.1, 0.15) is 6.10 Å². The molecular formula is C59H120O3. The summed E-state index contributed by atoms with van der Waals surface area (Å²) in [5.41, 5.74) is 0. The molecule has 3 nitrogen and oxygen atoms in total. The van der Waals surface area contributed by atoms with Crippen LogP contribution in [0.15, 0.2) is 0 Å². The van der Waals surface area contributed by atoms with Gasteiger partial charge in [-0.2, -0.15) is 0 Å². The molecule has 0 aromatic carbocycles. The van der Waals surface area contributed by atoms with E-state index >= 15 is 0 Å². The predicted octanol–water partition coefficient (Wildman–Crippen LogP) is 20.4. The van der Waals surface area contributed by atoms with E-state index in [0.717, 1.165) is 13.2 Å². The van der Waals surface area contributed by atoms with E-state index in [1.165, 1.54) is 308 Å². The van der Waals surface area contributed by atoms with Gasteiger partial charge in [0.15, 0.2) is 0 Å². The van der Waals surface area contributed by atoms with Gasteiger partial charge in [-0.25, -0.2) is 0 Å². The Hall–Kier alpha value is -0.120. The van der Waals surface area contributed by atoms with Crippen LogP contribution in [0.25, 0.3) is 0 Å². The van der Waals surface area contributed by atoms with Crippen molar-refractivity contribution in [3.63, 3.8) is 0 Å². The molecule has 374 valence electrons. The molecular weight excluding hydrogens is 757 g/mol. The van der Waals surface area contributed by atoms with Crippen LogP contribution in [0.2, 0.25) is 0 Å². The monoisotopic (exact) mass is 877 g/mol. The summed E-state index contributed by atoms with van der Waals surface area (Å²) < 4.78 is 12.5. The van der Waals surface area contributed by atoms with Crippen molar-refractivity contribution in [1.82, 2.24) is 0 Å². The van der Waals surface area contributed by atoms with Crippen LogP contribution in [0.1, 0.15) is 336 Å². The van der Waals surface area contributed by atoms with Crippen LogP contribution >= 0.6 is 0 Å². The third kappa shape index (κ3) is 50.9. The summed E-state index contributed by atoms with van der Waals surface area (Å²) in [6.45, 7) is 11.7. The van der Waals surface area contributed by atoms with E-state index in [4.69, 9.17) is 9.47 Å². The Labute approximate surface area is 393 Å². The molecule has 2 atom stereocenters. The van der Waals surface area contributed by atoms with Crippen LogP contribution in [-0.2, 0) is 9.47 Å². The molecule has 0 saturated heterocycles. The van der Waals surface area contributed by atoms with E-state index in [0.29, 0.717) is 25.0 Å². The first-order chi connectivity index (χ1) is 30.7. The highest BCUT2D eigenvalue weighted by atomic mass is 16.5. The molecule has 0 spiro atoms. The topological polar surface area (TPSA) is 38.7 Å². The molecule has 62 heavy (non-hydrogen) atoms. The van der Waals surface area contributed by atoms with E-state index in [2.05, 4.69) is 27.7 Å². The van der Waals surface area contributed by atoms with Crippen molar-refractivity contribution in [3.05, 3.63) is 0 Å². The van der Waals surface area contributed by atoms with Crippen LogP contribution < -0.4 is 0 Å². The van der Waals surface area contributed by atoms with Crippen LogP contribution in [0.5, 0.6) is 0 Å². The van der Waals surface area contributed by atoms with Crippen molar-refractivity contribution in [3.8, 4) is 0 Å². The van der Waals surface area contributed by atoms with Gasteiger partial charge in [0.2, 0.25) is 0 Å². The summed E-state index contributed by atoms with van der Waals surface area (Å²) in [5.74, 6) is 1.28. The Kier molecular flexibility index (Phi) is 55.1. The Balaban J connectivity index is 4.58. The van der Waals surface area contributed by atoms with Crippen molar-refractivity contribution in [2.24, 2.45) is 11.8 Å². The van der Waals surface area contributed by atoms with Gasteiger partial charge >= 0.3 is 0 Å². The summed E-state index contributed by atoms with van der Waals surface area (Å²) in [6, 6.07) is 0. The quantitative estimate of drug-likeness (QED) is 0.0619. The van der Waals surface area contributed by atoms with Crippen molar-refractivity contribution in [2.75, 3.05) is 26.4 Å². The molecule has 0 saturated carbocycles. The number of ether oxygens (including phenoxy) is 2. The maximum absolute atomic E-state index is 10.9. The lowest BCUT2D eigenvalue weighted by Crippen LogP contribution is -2.25. The predicted molar refractivity (Wildman–Crippen MR) is 279 cm³/mol. The van der Waals surface area contributed by atoms with Crippen molar-refractivity contribution in [2.45, 2.75) is 342 Å². The Morgan fingerprint density at radius 3 is 0.565 bits per heavy atom. The van der Waals surface area contributed by atoms with Gasteiger partial charge in [0, 0.05) is 13.2 Å². The third-order valence-electron chi connectivity index (χ3n) is 14.2. The maximum atomic E-state index is 10.9. The molecule has 0 amide bonds. The minimum absolute atomic E-state index is 0.425. The van der Waals surface area contributed by atoms with Crippen molar-refractivity contribution >= 4 is 0 Å². The van der Waals surface area contributed by atoms with Gasteiger partial charge in [0.05, 0.1) is 13.2 Å². The number of hydrogen-bond donors (Lipinski definition) is 1. The minimum Gasteiger partial charge on any atom is -0.388 e. The second kappa shape index (κ2) is 55.2. The first-order valence-corrected chi connectivity index (χ1v) is 29.5. The lowest BCUT2D eigenvalue weighted by Gasteiger charge is -2.20. The lowest BCUT2D eigenvalue weighted by atomic mass is 9.94. The van der Waals surface area contributed by atoms with Gasteiger partial charge in [-0.1, -0.05) is 310 Å². The van der Waals surface area contributed by atoms with Gasteiger partial charge in [0.25, 0.3) is 0 Å². The molecule has 1 N–H and O–H groups in total. The zero-order valence-corrected chi connectivity index (χ0v) is 43.8. The number of aliphatic hydroxyl groups is 1. The van der Waals surface area contributed by atoms with Gasteiger partial charge in [-0.3, -0.25) is 0 Å². The Morgan fingerprint density at radius 2 is 0.387 bits per heavy atom. The number of rotatable bonds is 56. The molecule has 0 fully saturated rings. The van der Waals surface area contributed by atoms with Gasteiger partial charge in [-0.05, 0) is 37.5 Å². The fourth-order valence-electron chi connectivity index (χ4n) is 9.80. The highest BCUT2D eigenvalue weighted by Crippen LogP contribution is 2.23. The molecule has 0 heterocycles. The smallest absolute Gasteiger partial charge is 0.101 e. The lowest BCUT2D eigenvalue weighted by molar-refractivity contribution is -0.0349. The molecule has 3 heteroatoms. The second-order valence-corrected chi connectivity index (χ2v) is 20.8. The summed E-state index contributed by atoms with van der Waals surface area (Å²) in [4.78, 5) is 0. The summed E-state index contributed by atoms with van der Waals surface area (Å²) in [7, 11) is 0. The normalized spacial score (nSPS) is 13.3. The zero-order valence-electron chi connectivity index (χ0n) is 43.8. The maximum Gasteiger partial charge on any atom is 0.101 e. The van der Waals surface area contributed by atoms with Crippen LogP contribution in [0, 0.1) is 11.8 Å². The summed E-state index contributed by atoms with van der Waals surface area (Å²) in [6.07, 6.45) is 66.5. The van der Waals surface area contributed by atoms with E-state index in [9.17, 15) is 5.11 Å².